The van der Waals surface area contributed by atoms with Gasteiger partial charge in [0.1, 0.15) is 12.1 Å². The second-order valence-electron chi connectivity index (χ2n) is 2.50. The molecule has 0 radical (unpaired) electrons. The van der Waals surface area contributed by atoms with Gasteiger partial charge in [-0.3, -0.25) is 4.39 Å². The Morgan fingerprint density at radius 2 is 2.11 bits per heavy atom. The van der Waals surface area contributed by atoms with Crippen LogP contribution in [0.25, 0.3) is 0 Å². The molecule has 9 heavy (non-hydrogen) atoms. The molecule has 1 aliphatic heterocycles. The molecule has 1 atom stereocenters. The smallest absolute Gasteiger partial charge is 0.319 e. The number of halogens is 3. The van der Waals surface area contributed by atoms with Crippen molar-refractivity contribution in [1.29, 1.82) is 0 Å². The first-order chi connectivity index (χ1) is 4.02. The standard InChI is InChI=1S/C5H7F3O/c1-4(2-6)3-9-5(4,7)8/h2-3H2,1H3. The second-order valence-corrected chi connectivity index (χ2v) is 2.50. The van der Waals surface area contributed by atoms with Gasteiger partial charge < -0.3 is 4.74 Å². The minimum absolute atomic E-state index is 0.184. The first-order valence-electron chi connectivity index (χ1n) is 2.60. The minimum Gasteiger partial charge on any atom is -0.319 e. The maximum absolute atomic E-state index is 12.1. The lowest BCUT2D eigenvalue weighted by molar-refractivity contribution is -0.401. The minimum atomic E-state index is -3.25. The van der Waals surface area contributed by atoms with Gasteiger partial charge in [-0.05, 0) is 6.92 Å². The van der Waals surface area contributed by atoms with Gasteiger partial charge in [0.2, 0.25) is 0 Å². The molecule has 1 saturated heterocycles. The van der Waals surface area contributed by atoms with E-state index in [1.807, 2.05) is 0 Å². The molecule has 54 valence electrons. The lowest BCUT2D eigenvalue weighted by Crippen LogP contribution is -2.57. The van der Waals surface area contributed by atoms with Crippen molar-refractivity contribution in [1.82, 2.24) is 0 Å². The Labute approximate surface area is 50.8 Å². The highest BCUT2D eigenvalue weighted by Gasteiger charge is 2.61. The van der Waals surface area contributed by atoms with E-state index < -0.39 is 18.2 Å². The van der Waals surface area contributed by atoms with Gasteiger partial charge in [-0.1, -0.05) is 0 Å². The number of hydrogen-bond donors (Lipinski definition) is 0. The number of ether oxygens (including phenoxy) is 1. The van der Waals surface area contributed by atoms with Crippen LogP contribution in [0.5, 0.6) is 0 Å². The molecule has 0 saturated carbocycles. The summed E-state index contributed by atoms with van der Waals surface area (Å²) in [7, 11) is 0. The Balaban J connectivity index is 2.62. The summed E-state index contributed by atoms with van der Waals surface area (Å²) in [5, 5.41) is 0. The summed E-state index contributed by atoms with van der Waals surface area (Å²) in [4.78, 5) is 0. The maximum atomic E-state index is 12.1. The molecule has 0 aromatic rings. The van der Waals surface area contributed by atoms with Crippen LogP contribution in [0.3, 0.4) is 0 Å². The maximum Gasteiger partial charge on any atom is 0.365 e. The van der Waals surface area contributed by atoms with Crippen LogP contribution >= 0.6 is 0 Å². The van der Waals surface area contributed by atoms with Gasteiger partial charge in [0.25, 0.3) is 0 Å². The third-order valence-corrected chi connectivity index (χ3v) is 1.57. The van der Waals surface area contributed by atoms with Crippen LogP contribution in [0.15, 0.2) is 0 Å². The van der Waals surface area contributed by atoms with Crippen LogP contribution in [0.1, 0.15) is 6.92 Å². The monoisotopic (exact) mass is 140 g/mol. The van der Waals surface area contributed by atoms with Gasteiger partial charge in [-0.15, -0.1) is 0 Å². The van der Waals surface area contributed by atoms with Gasteiger partial charge in [0.05, 0.1) is 6.61 Å². The van der Waals surface area contributed by atoms with E-state index in [-0.39, 0.29) is 6.61 Å². The predicted octanol–water partition coefficient (Wildman–Crippen LogP) is 1.59. The summed E-state index contributed by atoms with van der Waals surface area (Å²) in [6.07, 6.45) is -3.25. The quantitative estimate of drug-likeness (QED) is 0.537. The van der Waals surface area contributed by atoms with E-state index in [0.717, 1.165) is 6.92 Å². The zero-order valence-corrected chi connectivity index (χ0v) is 4.96. The average Bonchev–Trinajstić information content (AvgIpc) is 1.84. The van der Waals surface area contributed by atoms with Crippen LogP contribution in [0.4, 0.5) is 13.2 Å². The lowest BCUT2D eigenvalue weighted by atomic mass is 9.87. The van der Waals surface area contributed by atoms with E-state index in [1.54, 1.807) is 0 Å². The molecule has 1 heterocycles. The Hall–Kier alpha value is -0.250. The molecular formula is C5H7F3O. The number of hydrogen-bond acceptors (Lipinski definition) is 1. The van der Waals surface area contributed by atoms with Gasteiger partial charge >= 0.3 is 6.11 Å². The van der Waals surface area contributed by atoms with Crippen LogP contribution < -0.4 is 0 Å². The second kappa shape index (κ2) is 1.62. The van der Waals surface area contributed by atoms with Crippen LogP contribution in [0.2, 0.25) is 0 Å². The molecule has 1 fully saturated rings. The average molecular weight is 140 g/mol. The molecule has 1 unspecified atom stereocenters. The molecule has 1 rings (SSSR count). The molecule has 0 spiro atoms. The highest BCUT2D eigenvalue weighted by atomic mass is 19.3. The van der Waals surface area contributed by atoms with Crippen molar-refractivity contribution in [3.8, 4) is 0 Å². The summed E-state index contributed by atoms with van der Waals surface area (Å²) in [5.74, 6) is 0. The SMILES string of the molecule is CC1(CF)COC1(F)F. The molecule has 1 aliphatic rings. The highest BCUT2D eigenvalue weighted by molar-refractivity contribution is 4.90. The van der Waals surface area contributed by atoms with E-state index in [0.29, 0.717) is 0 Å². The van der Waals surface area contributed by atoms with Crippen LogP contribution in [0, 0.1) is 5.41 Å². The van der Waals surface area contributed by atoms with Gasteiger partial charge in [0.15, 0.2) is 0 Å². The third kappa shape index (κ3) is 0.729. The Bertz CT molecular complexity index is 121. The van der Waals surface area contributed by atoms with E-state index in [4.69, 9.17) is 0 Å². The molecule has 0 aromatic carbocycles. The summed E-state index contributed by atoms with van der Waals surface area (Å²) in [6, 6.07) is 0. The zero-order valence-electron chi connectivity index (χ0n) is 4.96. The van der Waals surface area contributed by atoms with Crippen molar-refractivity contribution < 1.29 is 17.9 Å². The fourth-order valence-electron chi connectivity index (χ4n) is 0.544. The lowest BCUT2D eigenvalue weighted by Gasteiger charge is -2.43. The number of alkyl halides is 3. The summed E-state index contributed by atoms with van der Waals surface area (Å²) in [6.45, 7) is -0.0486. The number of rotatable bonds is 1. The van der Waals surface area contributed by atoms with E-state index in [1.165, 1.54) is 0 Å². The Kier molecular flexibility index (Phi) is 1.24. The van der Waals surface area contributed by atoms with Crippen molar-refractivity contribution in [3.05, 3.63) is 0 Å². The molecule has 0 aliphatic carbocycles. The van der Waals surface area contributed by atoms with E-state index in [2.05, 4.69) is 4.74 Å². The molecule has 0 bridgehead atoms. The van der Waals surface area contributed by atoms with Crippen molar-refractivity contribution in [2.24, 2.45) is 5.41 Å². The fraction of sp³-hybridized carbons (Fsp3) is 1.00. The Morgan fingerprint density at radius 3 is 2.11 bits per heavy atom. The van der Waals surface area contributed by atoms with Gasteiger partial charge in [-0.2, -0.15) is 8.78 Å². The van der Waals surface area contributed by atoms with Crippen molar-refractivity contribution >= 4 is 0 Å². The van der Waals surface area contributed by atoms with Gasteiger partial charge in [-0.25, -0.2) is 0 Å². The summed E-state index contributed by atoms with van der Waals surface area (Å²) >= 11 is 0. The normalized spacial score (nSPS) is 40.0. The zero-order chi connectivity index (χ0) is 7.12. The largest absolute Gasteiger partial charge is 0.365 e. The van der Waals surface area contributed by atoms with Crippen LogP contribution in [-0.4, -0.2) is 19.4 Å². The summed E-state index contributed by atoms with van der Waals surface area (Å²) < 4.78 is 39.9. The van der Waals surface area contributed by atoms with E-state index >= 15 is 0 Å². The highest BCUT2D eigenvalue weighted by Crippen LogP contribution is 2.47. The molecule has 0 aromatic heterocycles. The molecule has 1 nitrogen and oxygen atoms in total. The fourth-order valence-corrected chi connectivity index (χ4v) is 0.544. The van der Waals surface area contributed by atoms with Crippen molar-refractivity contribution in [3.63, 3.8) is 0 Å². The predicted molar refractivity (Wildman–Crippen MR) is 25.0 cm³/mol. The molecule has 0 N–H and O–H groups in total. The van der Waals surface area contributed by atoms with Crippen molar-refractivity contribution in [2.45, 2.75) is 13.0 Å². The molecule has 4 heteroatoms. The first-order valence-corrected chi connectivity index (χ1v) is 2.60. The Morgan fingerprint density at radius 1 is 1.56 bits per heavy atom. The van der Waals surface area contributed by atoms with Crippen LogP contribution in [-0.2, 0) is 4.74 Å². The van der Waals surface area contributed by atoms with Gasteiger partial charge in [0, 0.05) is 0 Å². The molecular weight excluding hydrogens is 133 g/mol. The third-order valence-electron chi connectivity index (χ3n) is 1.57. The molecule has 0 amide bonds. The summed E-state index contributed by atoms with van der Waals surface area (Å²) in [5.41, 5.74) is -1.56. The first kappa shape index (κ1) is 6.86. The van der Waals surface area contributed by atoms with E-state index in [9.17, 15) is 13.2 Å². The van der Waals surface area contributed by atoms with Crippen molar-refractivity contribution in [2.75, 3.05) is 13.3 Å². The topological polar surface area (TPSA) is 9.23 Å².